The first-order chi connectivity index (χ1) is 17.3. The molecule has 218 valence electrons. The number of rotatable bonds is 7. The van der Waals surface area contributed by atoms with E-state index in [0.717, 1.165) is 59.8 Å². The maximum Gasteiger partial charge on any atom is 0.300 e. The lowest BCUT2D eigenvalue weighted by molar-refractivity contribution is -0.135. The number of hydrogen-bond acceptors (Lipinski definition) is 10. The van der Waals surface area contributed by atoms with Gasteiger partial charge in [-0.1, -0.05) is 12.1 Å². The van der Waals surface area contributed by atoms with Crippen LogP contribution in [-0.4, -0.2) is 85.7 Å². The largest absolute Gasteiger partial charge is 0.481 e. The van der Waals surface area contributed by atoms with Crippen LogP contribution in [0.2, 0.25) is 0 Å². The minimum absolute atomic E-state index is 0.0867. The maximum absolute atomic E-state index is 9.00. The molecule has 10 N–H and O–H groups in total. The van der Waals surface area contributed by atoms with Gasteiger partial charge in [0.1, 0.15) is 0 Å². The van der Waals surface area contributed by atoms with Gasteiger partial charge < -0.3 is 42.3 Å². The number of nitrogens with two attached hydrogens (primary N) is 2. The number of isothiocyanates is 1. The SMILES string of the molecule is CC(=O)O.CC(=O)O.CC(=O)O.CC(=O)O.CC(=O)O.CC(N)CNCC(N)Cc1ccc(N=C=S)cc1. The Hall–Kier alpha value is -3.75. The van der Waals surface area contributed by atoms with Crippen LogP contribution in [0, 0.1) is 0 Å². The zero-order valence-corrected chi connectivity index (χ0v) is 23.2. The zero-order chi connectivity index (χ0) is 31.3. The summed E-state index contributed by atoms with van der Waals surface area (Å²) in [6, 6.07) is 8.09. The summed E-state index contributed by atoms with van der Waals surface area (Å²) in [6.07, 6.45) is 0.827. The summed E-state index contributed by atoms with van der Waals surface area (Å²) in [7, 11) is 0. The van der Waals surface area contributed by atoms with E-state index in [2.05, 4.69) is 27.7 Å². The minimum Gasteiger partial charge on any atom is -0.481 e. The highest BCUT2D eigenvalue weighted by atomic mass is 32.1. The monoisotopic (exact) mass is 564 g/mol. The lowest BCUT2D eigenvalue weighted by atomic mass is 10.1. The van der Waals surface area contributed by atoms with Crippen molar-refractivity contribution in [3.8, 4) is 0 Å². The molecule has 0 saturated heterocycles. The van der Waals surface area contributed by atoms with Crippen molar-refractivity contribution in [3.05, 3.63) is 29.8 Å². The first-order valence-corrected chi connectivity index (χ1v) is 11.0. The molecule has 15 heteroatoms. The molecule has 0 amide bonds. The van der Waals surface area contributed by atoms with E-state index >= 15 is 0 Å². The van der Waals surface area contributed by atoms with Crippen molar-refractivity contribution < 1.29 is 49.5 Å². The Morgan fingerprint density at radius 1 is 0.789 bits per heavy atom. The van der Waals surface area contributed by atoms with Gasteiger partial charge in [0, 0.05) is 59.8 Å². The van der Waals surface area contributed by atoms with Crippen molar-refractivity contribution in [1.29, 1.82) is 0 Å². The fraction of sp³-hybridized carbons (Fsp3) is 0.478. The van der Waals surface area contributed by atoms with Crippen LogP contribution >= 0.6 is 12.2 Å². The third-order valence-electron chi connectivity index (χ3n) is 2.48. The summed E-state index contributed by atoms with van der Waals surface area (Å²) in [5.74, 6) is -4.17. The van der Waals surface area contributed by atoms with Gasteiger partial charge in [-0.3, -0.25) is 24.0 Å². The molecule has 0 aromatic heterocycles. The number of benzene rings is 1. The molecule has 0 aliphatic heterocycles. The number of aliphatic carboxylic acids is 5. The standard InChI is InChI=1S/C13H20N4S.5C2H4O2/c1-10(14)7-16-8-12(15)6-11-2-4-13(5-3-11)17-9-18;5*1-2(3)4/h2-5,10,12,16H,6-8,14-15H2,1H3;5*1H3,(H,3,4). The van der Waals surface area contributed by atoms with Crippen molar-refractivity contribution >= 4 is 52.9 Å². The lowest BCUT2D eigenvalue weighted by Crippen LogP contribution is -2.40. The average Bonchev–Trinajstić information content (AvgIpc) is 2.67. The molecule has 0 bridgehead atoms. The lowest BCUT2D eigenvalue weighted by Gasteiger charge is -2.14. The molecule has 14 nitrogen and oxygen atoms in total. The van der Waals surface area contributed by atoms with Crippen LogP contribution in [0.25, 0.3) is 0 Å². The second-order valence-electron chi connectivity index (χ2n) is 7.06. The topological polar surface area (TPSA) is 263 Å². The van der Waals surface area contributed by atoms with Crippen LogP contribution in [0.15, 0.2) is 29.3 Å². The molecule has 1 rings (SSSR count). The number of carboxylic acid groups (broad SMARTS) is 5. The number of hydrogen-bond donors (Lipinski definition) is 8. The van der Waals surface area contributed by atoms with Crippen molar-refractivity contribution in [2.24, 2.45) is 16.5 Å². The van der Waals surface area contributed by atoms with E-state index in [1.807, 2.05) is 31.2 Å². The van der Waals surface area contributed by atoms with Crippen LogP contribution in [0.3, 0.4) is 0 Å². The summed E-state index contributed by atoms with van der Waals surface area (Å²) < 4.78 is 0. The molecule has 0 radical (unpaired) electrons. The van der Waals surface area contributed by atoms with E-state index in [-0.39, 0.29) is 12.1 Å². The van der Waals surface area contributed by atoms with Gasteiger partial charge in [0.2, 0.25) is 0 Å². The summed E-state index contributed by atoms with van der Waals surface area (Å²) in [4.78, 5) is 48.9. The fourth-order valence-corrected chi connectivity index (χ4v) is 1.74. The Bertz CT molecular complexity index is 753. The van der Waals surface area contributed by atoms with Crippen LogP contribution in [-0.2, 0) is 30.4 Å². The molecule has 1 aromatic rings. The molecule has 0 aliphatic carbocycles. The Labute approximate surface area is 227 Å². The van der Waals surface area contributed by atoms with E-state index in [4.69, 9.17) is 61.0 Å². The van der Waals surface area contributed by atoms with Gasteiger partial charge >= 0.3 is 0 Å². The summed E-state index contributed by atoms with van der Waals surface area (Å²) in [6.45, 7) is 8.94. The molecule has 38 heavy (non-hydrogen) atoms. The van der Waals surface area contributed by atoms with Crippen LogP contribution in [0.1, 0.15) is 47.1 Å². The smallest absolute Gasteiger partial charge is 0.300 e. The summed E-state index contributed by atoms with van der Waals surface area (Å²) >= 11 is 4.55. The van der Waals surface area contributed by atoms with Gasteiger partial charge in [-0.15, -0.1) is 0 Å². The third-order valence-corrected chi connectivity index (χ3v) is 2.57. The van der Waals surface area contributed by atoms with E-state index in [0.29, 0.717) is 0 Å². The van der Waals surface area contributed by atoms with Gasteiger partial charge in [0.15, 0.2) is 0 Å². The average molecular weight is 565 g/mol. The molecule has 1 aromatic carbocycles. The zero-order valence-electron chi connectivity index (χ0n) is 22.4. The van der Waals surface area contributed by atoms with Crippen molar-refractivity contribution in [3.63, 3.8) is 0 Å². The van der Waals surface area contributed by atoms with Gasteiger partial charge in [-0.05, 0) is 43.3 Å². The number of thiocarbonyl (C=S) groups is 1. The van der Waals surface area contributed by atoms with Crippen LogP contribution in [0.4, 0.5) is 5.69 Å². The summed E-state index contributed by atoms with van der Waals surface area (Å²) in [5.41, 5.74) is 13.7. The van der Waals surface area contributed by atoms with Gasteiger partial charge in [-0.25, -0.2) is 0 Å². The van der Waals surface area contributed by atoms with Gasteiger partial charge in [0.05, 0.1) is 10.8 Å². The molecule has 0 heterocycles. The molecular formula is C23H40N4O10S. The number of carbonyl (C=O) groups is 5. The van der Waals surface area contributed by atoms with E-state index in [1.54, 1.807) is 0 Å². The molecule has 0 aliphatic rings. The number of carboxylic acids is 5. The fourth-order valence-electron chi connectivity index (χ4n) is 1.63. The Kier molecular flexibility index (Phi) is 36.4. The second kappa shape index (κ2) is 31.3. The van der Waals surface area contributed by atoms with E-state index in [1.165, 1.54) is 5.56 Å². The molecule has 0 saturated carbocycles. The van der Waals surface area contributed by atoms with Gasteiger partial charge in [-0.2, -0.15) is 4.99 Å². The quantitative estimate of drug-likeness (QED) is 0.173. The van der Waals surface area contributed by atoms with Crippen molar-refractivity contribution in [2.75, 3.05) is 13.1 Å². The first kappa shape index (κ1) is 44.3. The highest BCUT2D eigenvalue weighted by Gasteiger charge is 2.04. The molecule has 0 spiro atoms. The third kappa shape index (κ3) is 85.0. The van der Waals surface area contributed by atoms with Crippen LogP contribution < -0.4 is 16.8 Å². The Morgan fingerprint density at radius 2 is 1.11 bits per heavy atom. The normalized spacial score (nSPS) is 9.79. The van der Waals surface area contributed by atoms with Crippen molar-refractivity contribution in [1.82, 2.24) is 5.32 Å². The van der Waals surface area contributed by atoms with Crippen molar-refractivity contribution in [2.45, 2.75) is 60.0 Å². The number of aliphatic imine (C=N–C) groups is 1. The Balaban J connectivity index is -0.000000148. The first-order valence-electron chi connectivity index (χ1n) is 10.6. The second-order valence-corrected chi connectivity index (χ2v) is 7.25. The minimum atomic E-state index is -0.833. The van der Waals surface area contributed by atoms with Crippen LogP contribution in [0.5, 0.6) is 0 Å². The molecular weight excluding hydrogens is 524 g/mol. The Morgan fingerprint density at radius 3 is 1.37 bits per heavy atom. The van der Waals surface area contributed by atoms with E-state index in [9.17, 15) is 0 Å². The maximum atomic E-state index is 9.00. The highest BCUT2D eigenvalue weighted by molar-refractivity contribution is 7.78. The number of nitrogens with zero attached hydrogens (tertiary/aromatic N) is 1. The molecule has 0 fully saturated rings. The molecule has 2 atom stereocenters. The molecule has 2 unspecified atom stereocenters. The summed E-state index contributed by atoms with van der Waals surface area (Å²) in [5, 5.41) is 42.7. The predicted octanol–water partition coefficient (Wildman–Crippen LogP) is 1.68. The number of nitrogens with one attached hydrogen (secondary N) is 1. The van der Waals surface area contributed by atoms with Gasteiger partial charge in [0.25, 0.3) is 29.8 Å². The predicted molar refractivity (Wildman–Crippen MR) is 146 cm³/mol. The highest BCUT2D eigenvalue weighted by Crippen LogP contribution is 2.13. The van der Waals surface area contributed by atoms with E-state index < -0.39 is 29.8 Å².